The molecule has 0 aliphatic carbocycles. The van der Waals surface area contributed by atoms with Crippen molar-refractivity contribution >= 4 is 33.4 Å². The lowest BCUT2D eigenvalue weighted by atomic mass is 9.96. The van der Waals surface area contributed by atoms with Crippen LogP contribution in [-0.4, -0.2) is 35.3 Å². The van der Waals surface area contributed by atoms with Crippen LogP contribution in [0.25, 0.3) is 0 Å². The first-order valence-corrected chi connectivity index (χ1v) is 9.57. The molecule has 136 valence electrons. The lowest BCUT2D eigenvalue weighted by molar-refractivity contribution is -0.138. The third-order valence-corrected chi connectivity index (χ3v) is 5.39. The van der Waals surface area contributed by atoms with Crippen molar-refractivity contribution in [2.75, 3.05) is 11.9 Å². The van der Waals surface area contributed by atoms with Gasteiger partial charge in [-0.05, 0) is 48.9 Å². The number of likely N-dealkylation sites (tertiary alicyclic amines) is 1. The zero-order valence-electron chi connectivity index (χ0n) is 14.6. The molecule has 0 aromatic heterocycles. The van der Waals surface area contributed by atoms with Gasteiger partial charge in [-0.3, -0.25) is 9.79 Å². The summed E-state index contributed by atoms with van der Waals surface area (Å²) in [6.07, 6.45) is 2.83. The van der Waals surface area contributed by atoms with Crippen LogP contribution in [0, 0.1) is 5.92 Å². The molecule has 2 N–H and O–H groups in total. The van der Waals surface area contributed by atoms with E-state index in [1.165, 1.54) is 0 Å². The summed E-state index contributed by atoms with van der Waals surface area (Å²) in [6.45, 7) is 4.92. The van der Waals surface area contributed by atoms with E-state index < -0.39 is 6.04 Å². The number of benzene rings is 1. The van der Waals surface area contributed by atoms with Gasteiger partial charge in [0.1, 0.15) is 11.9 Å². The topological polar surface area (TPSA) is 56.7 Å². The average Bonchev–Trinajstić information content (AvgIpc) is 2.61. The summed E-state index contributed by atoms with van der Waals surface area (Å²) in [6, 6.07) is 5.12. The molecule has 1 fully saturated rings. The van der Waals surface area contributed by atoms with Crippen LogP contribution in [0.15, 0.2) is 27.7 Å². The fourth-order valence-electron chi connectivity index (χ4n) is 3.47. The summed E-state index contributed by atoms with van der Waals surface area (Å²) in [5.74, 6) is 0.511. The van der Waals surface area contributed by atoms with Gasteiger partial charge in [0.25, 0.3) is 0 Å². The van der Waals surface area contributed by atoms with Gasteiger partial charge in [-0.25, -0.2) is 0 Å². The number of piperidine rings is 1. The fourth-order valence-corrected chi connectivity index (χ4v) is 3.88. The Morgan fingerprint density at radius 3 is 2.96 bits per heavy atom. The van der Waals surface area contributed by atoms with E-state index in [4.69, 9.17) is 0 Å². The van der Waals surface area contributed by atoms with Crippen molar-refractivity contribution in [3.8, 4) is 0 Å². The van der Waals surface area contributed by atoms with Crippen LogP contribution in [0.4, 0.5) is 10.2 Å². The van der Waals surface area contributed by atoms with Gasteiger partial charge in [0.2, 0.25) is 5.91 Å². The molecular weight excluding hydrogens is 387 g/mol. The quantitative estimate of drug-likeness (QED) is 0.744. The number of hydrogen-bond acceptors (Lipinski definition) is 4. The first-order valence-electron chi connectivity index (χ1n) is 8.77. The molecule has 25 heavy (non-hydrogen) atoms. The number of nitrogens with one attached hydrogen (secondary N) is 2. The van der Waals surface area contributed by atoms with Gasteiger partial charge in [0.05, 0.1) is 12.6 Å². The van der Waals surface area contributed by atoms with Crippen molar-refractivity contribution in [3.63, 3.8) is 0 Å². The summed E-state index contributed by atoms with van der Waals surface area (Å²) in [5.41, 5.74) is 3.83. The first kappa shape index (κ1) is 18.3. The number of aliphatic imine (C=N–C) groups is 1. The predicted octanol–water partition coefficient (Wildman–Crippen LogP) is 3.65. The molecule has 1 saturated heterocycles. The van der Waals surface area contributed by atoms with Gasteiger partial charge in [0, 0.05) is 16.7 Å². The summed E-state index contributed by atoms with van der Waals surface area (Å²) in [7, 11) is 0. The van der Waals surface area contributed by atoms with Crippen molar-refractivity contribution in [2.24, 2.45) is 10.9 Å². The minimum absolute atomic E-state index is 0.112. The van der Waals surface area contributed by atoms with Crippen molar-refractivity contribution in [3.05, 3.63) is 28.2 Å². The second-order valence-corrected chi connectivity index (χ2v) is 7.92. The van der Waals surface area contributed by atoms with E-state index in [1.807, 2.05) is 32.0 Å². The van der Waals surface area contributed by atoms with Crippen LogP contribution in [0.2, 0.25) is 0 Å². The largest absolute Gasteiger partial charge is 0.342 e. The second-order valence-electron chi connectivity index (χ2n) is 7.00. The molecule has 2 atom stereocenters. The van der Waals surface area contributed by atoms with Crippen molar-refractivity contribution in [2.45, 2.75) is 51.7 Å². The number of nitrogens with zero attached hydrogens (tertiary/aromatic N) is 2. The van der Waals surface area contributed by atoms with E-state index >= 15 is 0 Å². The van der Waals surface area contributed by atoms with Crippen LogP contribution in [0.1, 0.15) is 38.7 Å². The zero-order valence-corrected chi connectivity index (χ0v) is 16.1. The molecule has 3 rings (SSSR count). The molecule has 1 amide bonds. The van der Waals surface area contributed by atoms with Crippen molar-refractivity contribution in [1.29, 1.82) is 0 Å². The second kappa shape index (κ2) is 7.83. The molecule has 2 heterocycles. The highest BCUT2D eigenvalue weighted by molar-refractivity contribution is 9.10. The van der Waals surface area contributed by atoms with Crippen molar-refractivity contribution < 1.29 is 9.28 Å². The molecule has 1 aromatic rings. The Morgan fingerprint density at radius 1 is 1.44 bits per heavy atom. The van der Waals surface area contributed by atoms with E-state index in [0.717, 1.165) is 40.8 Å². The molecule has 2 aliphatic rings. The van der Waals surface area contributed by atoms with Gasteiger partial charge in [-0.15, -0.1) is 10.0 Å². The maximum atomic E-state index is 13.2. The lowest BCUT2D eigenvalue weighted by Gasteiger charge is -2.39. The van der Waals surface area contributed by atoms with Crippen molar-refractivity contribution in [1.82, 2.24) is 10.4 Å². The van der Waals surface area contributed by atoms with Gasteiger partial charge in [-0.2, -0.15) is 0 Å². The van der Waals surface area contributed by atoms with Gasteiger partial charge >= 0.3 is 0 Å². The number of halogens is 2. The van der Waals surface area contributed by atoms with E-state index in [1.54, 1.807) is 10.4 Å². The highest BCUT2D eigenvalue weighted by Crippen LogP contribution is 2.28. The highest BCUT2D eigenvalue weighted by atomic mass is 79.9. The summed E-state index contributed by atoms with van der Waals surface area (Å²) >= 11 is 3.48. The monoisotopic (exact) mass is 410 g/mol. The van der Waals surface area contributed by atoms with Crippen LogP contribution in [0.3, 0.4) is 0 Å². The van der Waals surface area contributed by atoms with E-state index in [9.17, 15) is 9.28 Å². The summed E-state index contributed by atoms with van der Waals surface area (Å²) in [4.78, 5) is 19.3. The van der Waals surface area contributed by atoms with Crippen LogP contribution < -0.4 is 10.9 Å². The summed E-state index contributed by atoms with van der Waals surface area (Å²) < 4.78 is 14.2. The van der Waals surface area contributed by atoms with Crippen LogP contribution in [0.5, 0.6) is 0 Å². The Hall–Kier alpha value is -1.47. The average molecular weight is 411 g/mol. The van der Waals surface area contributed by atoms with Gasteiger partial charge in [0.15, 0.2) is 0 Å². The van der Waals surface area contributed by atoms with Gasteiger partial charge < -0.3 is 10.2 Å². The Morgan fingerprint density at radius 2 is 2.24 bits per heavy atom. The van der Waals surface area contributed by atoms with Crippen LogP contribution in [-0.2, 0) is 11.3 Å². The third-order valence-electron chi connectivity index (χ3n) is 4.90. The number of carbonyl (C=O) groups excluding carboxylic acids is 1. The molecule has 0 bridgehead atoms. The number of rotatable bonds is 4. The van der Waals surface area contributed by atoms with E-state index in [2.05, 4.69) is 26.2 Å². The Kier molecular flexibility index (Phi) is 5.74. The molecule has 1 aromatic carbocycles. The smallest absolute Gasteiger partial charge is 0.243 e. The number of hydrogen-bond donors (Lipinski definition) is 2. The van der Waals surface area contributed by atoms with Gasteiger partial charge in [-0.1, -0.05) is 29.8 Å². The SMILES string of the molecule is CC(C)C(NF)C(=O)N1CCCCC1C1=NCc2cc(Br)ccc2N1. The first-order chi connectivity index (χ1) is 12.0. The molecule has 0 saturated carbocycles. The Labute approximate surface area is 156 Å². The molecule has 0 radical (unpaired) electrons. The maximum absolute atomic E-state index is 13.2. The molecule has 7 heteroatoms. The number of fused-ring (bicyclic) bond motifs is 1. The molecule has 2 aliphatic heterocycles. The minimum atomic E-state index is -0.812. The number of amidine groups is 1. The number of amides is 1. The zero-order chi connectivity index (χ0) is 18.0. The molecule has 5 nitrogen and oxygen atoms in total. The van der Waals surface area contributed by atoms with E-state index in [0.29, 0.717) is 13.1 Å². The predicted molar refractivity (Wildman–Crippen MR) is 101 cm³/mol. The minimum Gasteiger partial charge on any atom is -0.342 e. The molecule has 2 unspecified atom stereocenters. The van der Waals surface area contributed by atoms with E-state index in [-0.39, 0.29) is 17.9 Å². The van der Waals surface area contributed by atoms with Crippen LogP contribution >= 0.6 is 15.9 Å². The molecule has 0 spiro atoms. The lowest BCUT2D eigenvalue weighted by Crippen LogP contribution is -2.56. The Balaban J connectivity index is 1.81. The standard InChI is InChI=1S/C18H24BrFN4O/c1-11(2)16(23-20)18(25)24-8-4-3-5-15(24)17-21-10-12-9-13(19)6-7-14(12)22-17/h6-7,9,11,15-16,23H,3-5,8,10H2,1-2H3,(H,21,22). The number of anilines is 1. The fraction of sp³-hybridized carbons (Fsp3) is 0.556. The normalized spacial score (nSPS) is 21.4. The highest BCUT2D eigenvalue weighted by Gasteiger charge is 2.36. The molecular formula is C18H24BrFN4O. The maximum Gasteiger partial charge on any atom is 0.243 e. The third kappa shape index (κ3) is 3.87. The number of carbonyl (C=O) groups is 1. The summed E-state index contributed by atoms with van der Waals surface area (Å²) in [5, 5.41) is 3.39. The Bertz CT molecular complexity index is 679.